The predicted octanol–water partition coefficient (Wildman–Crippen LogP) is -1.30. The summed E-state index contributed by atoms with van der Waals surface area (Å²) in [5.41, 5.74) is -0.330. The SMILES string of the molecule is O=C(O)c1cn[nH]c1S(=O)(=O)N1CCNCC1. The van der Waals surface area contributed by atoms with Gasteiger partial charge in [-0.15, -0.1) is 0 Å². The van der Waals surface area contributed by atoms with Gasteiger partial charge in [0, 0.05) is 26.2 Å². The monoisotopic (exact) mass is 260 g/mol. The average molecular weight is 260 g/mol. The summed E-state index contributed by atoms with van der Waals surface area (Å²) >= 11 is 0. The molecule has 1 aliphatic heterocycles. The minimum atomic E-state index is -3.80. The molecular weight excluding hydrogens is 248 g/mol. The van der Waals surface area contributed by atoms with Crippen LogP contribution in [0.5, 0.6) is 0 Å². The smallest absolute Gasteiger partial charge is 0.340 e. The van der Waals surface area contributed by atoms with Crippen LogP contribution in [0.1, 0.15) is 10.4 Å². The van der Waals surface area contributed by atoms with Crippen molar-refractivity contribution >= 4 is 16.0 Å². The Morgan fingerprint density at radius 2 is 2.06 bits per heavy atom. The number of nitrogens with one attached hydrogen (secondary N) is 2. The number of carboxylic acid groups (broad SMARTS) is 1. The maximum atomic E-state index is 12.1. The zero-order valence-corrected chi connectivity index (χ0v) is 9.70. The van der Waals surface area contributed by atoms with E-state index in [4.69, 9.17) is 5.11 Å². The van der Waals surface area contributed by atoms with Crippen molar-refractivity contribution < 1.29 is 18.3 Å². The molecule has 94 valence electrons. The normalized spacial score (nSPS) is 18.1. The van der Waals surface area contributed by atoms with Crippen molar-refractivity contribution in [1.82, 2.24) is 19.8 Å². The summed E-state index contributed by atoms with van der Waals surface area (Å²) in [5.74, 6) is -1.31. The topological polar surface area (TPSA) is 115 Å². The minimum Gasteiger partial charge on any atom is -0.478 e. The number of H-pyrrole nitrogens is 1. The van der Waals surface area contributed by atoms with E-state index in [1.165, 1.54) is 4.31 Å². The van der Waals surface area contributed by atoms with E-state index in [1.807, 2.05) is 0 Å². The summed E-state index contributed by atoms with van der Waals surface area (Å²) in [6, 6.07) is 0. The Kier molecular flexibility index (Phi) is 3.13. The summed E-state index contributed by atoms with van der Waals surface area (Å²) in [7, 11) is -3.80. The lowest BCUT2D eigenvalue weighted by molar-refractivity contribution is 0.0692. The summed E-state index contributed by atoms with van der Waals surface area (Å²) in [5, 5.41) is 17.2. The third-order valence-electron chi connectivity index (χ3n) is 2.51. The molecule has 1 aromatic heterocycles. The Morgan fingerprint density at radius 1 is 1.41 bits per heavy atom. The largest absolute Gasteiger partial charge is 0.478 e. The van der Waals surface area contributed by atoms with E-state index in [0.717, 1.165) is 6.20 Å². The molecule has 2 heterocycles. The molecule has 2 rings (SSSR count). The van der Waals surface area contributed by atoms with Gasteiger partial charge in [0.15, 0.2) is 5.03 Å². The number of carboxylic acids is 1. The summed E-state index contributed by atoms with van der Waals surface area (Å²) in [6.07, 6.45) is 0.997. The van der Waals surface area contributed by atoms with Crippen molar-refractivity contribution in [3.05, 3.63) is 11.8 Å². The van der Waals surface area contributed by atoms with Crippen LogP contribution < -0.4 is 5.32 Å². The maximum Gasteiger partial charge on any atom is 0.340 e. The number of aromatic amines is 1. The number of rotatable bonds is 3. The second-order valence-electron chi connectivity index (χ2n) is 3.57. The third kappa shape index (κ3) is 2.16. The highest BCUT2D eigenvalue weighted by Crippen LogP contribution is 2.17. The van der Waals surface area contributed by atoms with Gasteiger partial charge in [0.1, 0.15) is 5.56 Å². The van der Waals surface area contributed by atoms with Gasteiger partial charge < -0.3 is 10.4 Å². The van der Waals surface area contributed by atoms with E-state index in [2.05, 4.69) is 15.5 Å². The Balaban J connectivity index is 2.37. The lowest BCUT2D eigenvalue weighted by Crippen LogP contribution is -2.46. The molecule has 1 saturated heterocycles. The molecular formula is C8H12N4O4S. The fourth-order valence-corrected chi connectivity index (χ4v) is 3.14. The van der Waals surface area contributed by atoms with Crippen LogP contribution in [0.3, 0.4) is 0 Å². The number of hydrogen-bond donors (Lipinski definition) is 3. The molecule has 0 aliphatic carbocycles. The molecule has 0 radical (unpaired) electrons. The molecule has 0 bridgehead atoms. The van der Waals surface area contributed by atoms with E-state index in [9.17, 15) is 13.2 Å². The Labute approximate surface area is 97.7 Å². The van der Waals surface area contributed by atoms with Crippen molar-refractivity contribution in [2.45, 2.75) is 5.03 Å². The van der Waals surface area contributed by atoms with Gasteiger partial charge in [-0.1, -0.05) is 0 Å². The molecule has 3 N–H and O–H groups in total. The predicted molar refractivity (Wildman–Crippen MR) is 57.2 cm³/mol. The molecule has 1 aliphatic rings. The van der Waals surface area contributed by atoms with Crippen molar-refractivity contribution in [2.75, 3.05) is 26.2 Å². The lowest BCUT2D eigenvalue weighted by atomic mass is 10.4. The Morgan fingerprint density at radius 3 is 2.65 bits per heavy atom. The molecule has 0 amide bonds. The van der Waals surface area contributed by atoms with E-state index in [-0.39, 0.29) is 10.6 Å². The molecule has 1 aromatic rings. The van der Waals surface area contributed by atoms with Crippen LogP contribution in [-0.4, -0.2) is 60.2 Å². The Bertz CT molecular complexity index is 517. The molecule has 17 heavy (non-hydrogen) atoms. The first-order chi connectivity index (χ1) is 8.03. The lowest BCUT2D eigenvalue weighted by Gasteiger charge is -2.25. The van der Waals surface area contributed by atoms with E-state index >= 15 is 0 Å². The van der Waals surface area contributed by atoms with Crippen LogP contribution in [0.15, 0.2) is 11.2 Å². The number of sulfonamides is 1. The molecule has 1 fully saturated rings. The first-order valence-corrected chi connectivity index (χ1v) is 6.45. The zero-order chi connectivity index (χ0) is 12.5. The molecule has 9 heteroatoms. The maximum absolute atomic E-state index is 12.1. The third-order valence-corrected chi connectivity index (χ3v) is 4.38. The van der Waals surface area contributed by atoms with Crippen LogP contribution in [0.4, 0.5) is 0 Å². The van der Waals surface area contributed by atoms with Crippen molar-refractivity contribution in [3.63, 3.8) is 0 Å². The van der Waals surface area contributed by atoms with Crippen LogP contribution >= 0.6 is 0 Å². The number of aromatic nitrogens is 2. The van der Waals surface area contributed by atoms with Crippen LogP contribution in [-0.2, 0) is 10.0 Å². The quantitative estimate of drug-likeness (QED) is 0.622. The van der Waals surface area contributed by atoms with E-state index in [0.29, 0.717) is 26.2 Å². The molecule has 0 unspecified atom stereocenters. The molecule has 8 nitrogen and oxygen atoms in total. The standard InChI is InChI=1S/C8H12N4O4S/c13-8(14)6-5-10-11-7(6)17(15,16)12-3-1-9-2-4-12/h5,9H,1-4H2,(H,10,11)(H,13,14). The molecule has 0 atom stereocenters. The van der Waals surface area contributed by atoms with E-state index < -0.39 is 16.0 Å². The zero-order valence-electron chi connectivity index (χ0n) is 8.88. The van der Waals surface area contributed by atoms with Gasteiger partial charge in [-0.05, 0) is 0 Å². The van der Waals surface area contributed by atoms with Gasteiger partial charge in [0.25, 0.3) is 10.0 Å². The van der Waals surface area contributed by atoms with Gasteiger partial charge >= 0.3 is 5.97 Å². The number of piperazine rings is 1. The van der Waals surface area contributed by atoms with Gasteiger partial charge in [0.2, 0.25) is 0 Å². The second kappa shape index (κ2) is 4.43. The molecule has 0 spiro atoms. The highest BCUT2D eigenvalue weighted by molar-refractivity contribution is 7.89. The van der Waals surface area contributed by atoms with Crippen molar-refractivity contribution in [1.29, 1.82) is 0 Å². The fraction of sp³-hybridized carbons (Fsp3) is 0.500. The summed E-state index contributed by atoms with van der Waals surface area (Å²) < 4.78 is 25.5. The van der Waals surface area contributed by atoms with Gasteiger partial charge in [-0.25, -0.2) is 13.2 Å². The summed E-state index contributed by atoms with van der Waals surface area (Å²) in [6.45, 7) is 1.74. The highest BCUT2D eigenvalue weighted by Gasteiger charge is 2.31. The number of carbonyl (C=O) groups is 1. The van der Waals surface area contributed by atoms with Crippen LogP contribution in [0, 0.1) is 0 Å². The van der Waals surface area contributed by atoms with Crippen molar-refractivity contribution in [3.8, 4) is 0 Å². The first-order valence-electron chi connectivity index (χ1n) is 5.01. The number of aromatic carboxylic acids is 1. The molecule has 0 aromatic carbocycles. The van der Waals surface area contributed by atoms with Crippen LogP contribution in [0.25, 0.3) is 0 Å². The van der Waals surface area contributed by atoms with Crippen LogP contribution in [0.2, 0.25) is 0 Å². The van der Waals surface area contributed by atoms with Gasteiger partial charge in [-0.3, -0.25) is 5.10 Å². The van der Waals surface area contributed by atoms with Gasteiger partial charge in [0.05, 0.1) is 6.20 Å². The summed E-state index contributed by atoms with van der Waals surface area (Å²) in [4.78, 5) is 10.9. The number of hydrogen-bond acceptors (Lipinski definition) is 5. The molecule has 0 saturated carbocycles. The first kappa shape index (κ1) is 12.0. The Hall–Kier alpha value is -1.45. The number of nitrogens with zero attached hydrogens (tertiary/aromatic N) is 2. The van der Waals surface area contributed by atoms with Gasteiger partial charge in [-0.2, -0.15) is 9.40 Å². The highest BCUT2D eigenvalue weighted by atomic mass is 32.2. The second-order valence-corrected chi connectivity index (χ2v) is 5.45. The average Bonchev–Trinajstić information content (AvgIpc) is 2.80. The van der Waals surface area contributed by atoms with Crippen molar-refractivity contribution in [2.24, 2.45) is 0 Å². The van der Waals surface area contributed by atoms with E-state index in [1.54, 1.807) is 0 Å². The fourth-order valence-electron chi connectivity index (χ4n) is 1.64. The minimum absolute atomic E-state index is 0.320.